The van der Waals surface area contributed by atoms with Crippen molar-refractivity contribution in [1.29, 1.82) is 0 Å². The summed E-state index contributed by atoms with van der Waals surface area (Å²) in [6, 6.07) is 3.50. The highest BCUT2D eigenvalue weighted by Gasteiger charge is 2.37. The van der Waals surface area contributed by atoms with Crippen LogP contribution in [0.2, 0.25) is 0 Å². The molecular weight excluding hydrogens is 228 g/mol. The van der Waals surface area contributed by atoms with Crippen LogP contribution in [0, 0.1) is 5.41 Å². The Balaban J connectivity index is 2.07. The van der Waals surface area contributed by atoms with Gasteiger partial charge in [-0.25, -0.2) is 0 Å². The van der Waals surface area contributed by atoms with Crippen LogP contribution < -0.4 is 5.73 Å². The first kappa shape index (κ1) is 13.1. The van der Waals surface area contributed by atoms with Crippen molar-refractivity contribution in [2.75, 3.05) is 13.1 Å². The molecule has 0 radical (unpaired) electrons. The third kappa shape index (κ3) is 2.29. The predicted octanol–water partition coefficient (Wildman–Crippen LogP) is 2.39. The Morgan fingerprint density at radius 1 is 1.44 bits per heavy atom. The van der Waals surface area contributed by atoms with Crippen molar-refractivity contribution in [1.82, 2.24) is 4.90 Å². The van der Waals surface area contributed by atoms with Gasteiger partial charge < -0.3 is 15.1 Å². The van der Waals surface area contributed by atoms with Crippen LogP contribution in [-0.4, -0.2) is 23.9 Å². The van der Waals surface area contributed by atoms with Crippen molar-refractivity contribution >= 4 is 5.91 Å². The minimum atomic E-state index is -0.00141. The summed E-state index contributed by atoms with van der Waals surface area (Å²) in [7, 11) is 0. The van der Waals surface area contributed by atoms with Crippen LogP contribution in [0.25, 0.3) is 0 Å². The number of hydrogen-bond acceptors (Lipinski definition) is 3. The molecule has 100 valence electrons. The fourth-order valence-electron chi connectivity index (χ4n) is 2.69. The smallest absolute Gasteiger partial charge is 0.289 e. The fraction of sp³-hybridized carbons (Fsp3) is 0.643. The lowest BCUT2D eigenvalue weighted by atomic mass is 9.82. The van der Waals surface area contributed by atoms with Gasteiger partial charge in [-0.15, -0.1) is 0 Å². The molecule has 0 unspecified atom stereocenters. The maximum Gasteiger partial charge on any atom is 0.289 e. The molecule has 0 atom stereocenters. The van der Waals surface area contributed by atoms with E-state index in [0.717, 1.165) is 32.4 Å². The SMILES string of the molecule is CCC1(CC)CCN(C(=O)c2ccc(CN)o2)C1. The molecule has 2 N–H and O–H groups in total. The normalized spacial score (nSPS) is 18.3. The molecule has 1 aromatic heterocycles. The van der Waals surface area contributed by atoms with Crippen LogP contribution in [0.15, 0.2) is 16.5 Å². The summed E-state index contributed by atoms with van der Waals surface area (Å²) in [4.78, 5) is 14.2. The quantitative estimate of drug-likeness (QED) is 0.892. The van der Waals surface area contributed by atoms with E-state index in [1.807, 2.05) is 4.90 Å². The van der Waals surface area contributed by atoms with E-state index in [1.54, 1.807) is 12.1 Å². The van der Waals surface area contributed by atoms with E-state index in [9.17, 15) is 4.79 Å². The Bertz CT molecular complexity index is 421. The Kier molecular flexibility index (Phi) is 3.76. The summed E-state index contributed by atoms with van der Waals surface area (Å²) in [5, 5.41) is 0. The van der Waals surface area contributed by atoms with Crippen molar-refractivity contribution in [3.8, 4) is 0 Å². The van der Waals surface area contributed by atoms with Crippen LogP contribution >= 0.6 is 0 Å². The van der Waals surface area contributed by atoms with Gasteiger partial charge in [0.15, 0.2) is 5.76 Å². The average molecular weight is 250 g/mol. The fourth-order valence-corrected chi connectivity index (χ4v) is 2.69. The summed E-state index contributed by atoms with van der Waals surface area (Å²) in [6.45, 7) is 6.42. The zero-order valence-electron chi connectivity index (χ0n) is 11.2. The standard InChI is InChI=1S/C14H22N2O2/c1-3-14(4-2)7-8-16(10-14)13(17)12-6-5-11(9-15)18-12/h5-6H,3-4,7-10,15H2,1-2H3. The molecule has 1 aromatic rings. The average Bonchev–Trinajstić information content (AvgIpc) is 3.05. The Morgan fingerprint density at radius 3 is 2.67 bits per heavy atom. The second kappa shape index (κ2) is 5.14. The molecule has 1 aliphatic heterocycles. The first-order valence-corrected chi connectivity index (χ1v) is 6.72. The highest BCUT2D eigenvalue weighted by Crippen LogP contribution is 2.37. The van der Waals surface area contributed by atoms with Gasteiger partial charge in [0, 0.05) is 13.1 Å². The van der Waals surface area contributed by atoms with E-state index in [1.165, 1.54) is 0 Å². The summed E-state index contributed by atoms with van der Waals surface area (Å²) >= 11 is 0. The summed E-state index contributed by atoms with van der Waals surface area (Å²) in [6.07, 6.45) is 3.34. The van der Waals surface area contributed by atoms with E-state index in [-0.39, 0.29) is 5.91 Å². The lowest BCUT2D eigenvalue weighted by Gasteiger charge is -2.26. The van der Waals surface area contributed by atoms with Crippen molar-refractivity contribution in [3.05, 3.63) is 23.7 Å². The highest BCUT2D eigenvalue weighted by atomic mass is 16.4. The molecule has 0 aromatic carbocycles. The lowest BCUT2D eigenvalue weighted by molar-refractivity contribution is 0.0736. The van der Waals surface area contributed by atoms with Crippen LogP contribution in [0.5, 0.6) is 0 Å². The first-order chi connectivity index (χ1) is 8.64. The zero-order valence-corrected chi connectivity index (χ0v) is 11.2. The number of hydrogen-bond donors (Lipinski definition) is 1. The topological polar surface area (TPSA) is 59.5 Å². The molecule has 4 nitrogen and oxygen atoms in total. The number of rotatable bonds is 4. The Hall–Kier alpha value is -1.29. The predicted molar refractivity (Wildman–Crippen MR) is 70.1 cm³/mol. The van der Waals surface area contributed by atoms with Gasteiger partial charge in [0.05, 0.1) is 6.54 Å². The lowest BCUT2D eigenvalue weighted by Crippen LogP contribution is -2.31. The molecule has 18 heavy (non-hydrogen) atoms. The molecule has 0 spiro atoms. The number of likely N-dealkylation sites (tertiary alicyclic amines) is 1. The maximum absolute atomic E-state index is 12.3. The van der Waals surface area contributed by atoms with Gasteiger partial charge in [-0.1, -0.05) is 13.8 Å². The van der Waals surface area contributed by atoms with Crippen molar-refractivity contribution in [2.45, 2.75) is 39.7 Å². The molecule has 1 aliphatic rings. The second-order valence-electron chi connectivity index (χ2n) is 5.15. The second-order valence-corrected chi connectivity index (χ2v) is 5.15. The van der Waals surface area contributed by atoms with Crippen LogP contribution in [0.3, 0.4) is 0 Å². The molecule has 1 saturated heterocycles. The van der Waals surface area contributed by atoms with Crippen LogP contribution in [-0.2, 0) is 6.54 Å². The molecule has 1 fully saturated rings. The van der Waals surface area contributed by atoms with Crippen molar-refractivity contribution in [3.63, 3.8) is 0 Å². The first-order valence-electron chi connectivity index (χ1n) is 6.72. The molecule has 4 heteroatoms. The van der Waals surface area contributed by atoms with Gasteiger partial charge in [-0.05, 0) is 36.8 Å². The number of carbonyl (C=O) groups is 1. The van der Waals surface area contributed by atoms with Gasteiger partial charge >= 0.3 is 0 Å². The van der Waals surface area contributed by atoms with Crippen LogP contribution in [0.4, 0.5) is 0 Å². The molecule has 2 rings (SSSR count). The highest BCUT2D eigenvalue weighted by molar-refractivity contribution is 5.91. The number of nitrogens with zero attached hydrogens (tertiary/aromatic N) is 1. The van der Waals surface area contributed by atoms with Gasteiger partial charge in [0.25, 0.3) is 5.91 Å². The van der Waals surface area contributed by atoms with Gasteiger partial charge in [-0.2, -0.15) is 0 Å². The monoisotopic (exact) mass is 250 g/mol. The van der Waals surface area contributed by atoms with Crippen molar-refractivity contribution in [2.24, 2.45) is 11.1 Å². The molecule has 0 aliphatic carbocycles. The van der Waals surface area contributed by atoms with E-state index in [0.29, 0.717) is 23.5 Å². The number of amides is 1. The zero-order chi connectivity index (χ0) is 13.2. The minimum absolute atomic E-state index is 0.00141. The maximum atomic E-state index is 12.3. The molecular formula is C14H22N2O2. The summed E-state index contributed by atoms with van der Waals surface area (Å²) in [5.74, 6) is 1.08. The van der Waals surface area contributed by atoms with E-state index in [2.05, 4.69) is 13.8 Å². The van der Waals surface area contributed by atoms with Gasteiger partial charge in [-0.3, -0.25) is 4.79 Å². The van der Waals surface area contributed by atoms with Gasteiger partial charge in [0.2, 0.25) is 0 Å². The van der Waals surface area contributed by atoms with Crippen LogP contribution in [0.1, 0.15) is 49.4 Å². The number of nitrogens with two attached hydrogens (primary N) is 1. The molecule has 0 saturated carbocycles. The molecule has 0 bridgehead atoms. The molecule has 1 amide bonds. The van der Waals surface area contributed by atoms with E-state index in [4.69, 9.17) is 10.2 Å². The third-order valence-electron chi connectivity index (χ3n) is 4.30. The largest absolute Gasteiger partial charge is 0.455 e. The Morgan fingerprint density at radius 2 is 2.17 bits per heavy atom. The van der Waals surface area contributed by atoms with E-state index >= 15 is 0 Å². The van der Waals surface area contributed by atoms with Crippen molar-refractivity contribution < 1.29 is 9.21 Å². The third-order valence-corrected chi connectivity index (χ3v) is 4.30. The molecule has 2 heterocycles. The summed E-state index contributed by atoms with van der Waals surface area (Å²) in [5.41, 5.74) is 5.79. The summed E-state index contributed by atoms with van der Waals surface area (Å²) < 4.78 is 5.43. The number of furan rings is 1. The Labute approximate surface area is 108 Å². The number of carbonyl (C=O) groups excluding carboxylic acids is 1. The van der Waals surface area contributed by atoms with E-state index < -0.39 is 0 Å². The van der Waals surface area contributed by atoms with Gasteiger partial charge in [0.1, 0.15) is 5.76 Å². The minimum Gasteiger partial charge on any atom is -0.455 e.